The monoisotopic (exact) mass is 474 g/mol. The van der Waals surface area contributed by atoms with E-state index in [-0.39, 0.29) is 24.5 Å². The number of nitrogens with zero attached hydrogens (tertiary/aromatic N) is 3. The van der Waals surface area contributed by atoms with Gasteiger partial charge in [0.2, 0.25) is 0 Å². The van der Waals surface area contributed by atoms with Crippen LogP contribution in [0.2, 0.25) is 0 Å². The van der Waals surface area contributed by atoms with E-state index < -0.39 is 11.9 Å². The number of hydrogen-bond acceptors (Lipinski definition) is 10. The number of fused-ring (bicyclic) bond motifs is 1. The molecule has 0 radical (unpaired) electrons. The fraction of sp³-hybridized carbons (Fsp3) is 0.381. The van der Waals surface area contributed by atoms with Gasteiger partial charge in [-0.2, -0.15) is 0 Å². The molecule has 0 spiro atoms. The second-order valence-electron chi connectivity index (χ2n) is 7.10. The molecule has 1 aliphatic rings. The summed E-state index contributed by atoms with van der Waals surface area (Å²) in [5.74, 6) is -0.700. The van der Waals surface area contributed by atoms with Gasteiger partial charge in [0, 0.05) is 11.8 Å². The van der Waals surface area contributed by atoms with Crippen LogP contribution in [0.5, 0.6) is 0 Å². The van der Waals surface area contributed by atoms with Gasteiger partial charge >= 0.3 is 11.9 Å². The highest BCUT2D eigenvalue weighted by Gasteiger charge is 2.26. The maximum Gasteiger partial charge on any atom is 0.350 e. The standard InChI is InChI=1S/C21H22N4O5S2/c1-3-30-19(28)17-15(23-20(32-17)22-12-8-9-12)11-31-21-24-14-7-5-4-6-13(14)18(27)25(21)10-16(26)29-2/h4-7,12H,3,8-11H2,1-2H3,(H,22,23). The molecule has 0 aliphatic heterocycles. The Hall–Kier alpha value is -2.92. The van der Waals surface area contributed by atoms with Crippen LogP contribution in [0, 0.1) is 0 Å². The van der Waals surface area contributed by atoms with E-state index in [0.717, 1.165) is 12.8 Å². The van der Waals surface area contributed by atoms with Crippen molar-refractivity contribution in [2.45, 2.75) is 43.3 Å². The average Bonchev–Trinajstić information content (AvgIpc) is 3.51. The SMILES string of the molecule is CCOC(=O)c1sc(NC2CC2)nc1CSc1nc2ccccc2c(=O)n1CC(=O)OC. The quantitative estimate of drug-likeness (QED) is 0.284. The van der Waals surface area contributed by atoms with E-state index in [4.69, 9.17) is 9.47 Å². The van der Waals surface area contributed by atoms with Crippen molar-refractivity contribution >= 4 is 51.1 Å². The number of nitrogens with one attached hydrogen (secondary N) is 1. The summed E-state index contributed by atoms with van der Waals surface area (Å²) in [4.78, 5) is 47.0. The molecular formula is C21H22N4O5S2. The maximum absolute atomic E-state index is 13.0. The van der Waals surface area contributed by atoms with Gasteiger partial charge in [-0.3, -0.25) is 14.2 Å². The van der Waals surface area contributed by atoms with Crippen molar-refractivity contribution < 1.29 is 19.1 Å². The van der Waals surface area contributed by atoms with Gasteiger partial charge in [0.15, 0.2) is 10.3 Å². The molecule has 0 atom stereocenters. The first-order valence-corrected chi connectivity index (χ1v) is 11.9. The fourth-order valence-electron chi connectivity index (χ4n) is 2.99. The minimum Gasteiger partial charge on any atom is -0.468 e. The number of carbonyl (C=O) groups excluding carboxylic acids is 2. The lowest BCUT2D eigenvalue weighted by Crippen LogP contribution is -2.27. The molecule has 1 saturated carbocycles. The second-order valence-corrected chi connectivity index (χ2v) is 9.04. The van der Waals surface area contributed by atoms with Crippen LogP contribution < -0.4 is 10.9 Å². The van der Waals surface area contributed by atoms with E-state index in [1.165, 1.54) is 34.8 Å². The first-order chi connectivity index (χ1) is 15.5. The first-order valence-electron chi connectivity index (χ1n) is 10.1. The van der Waals surface area contributed by atoms with Crippen LogP contribution in [0.15, 0.2) is 34.2 Å². The van der Waals surface area contributed by atoms with Gasteiger partial charge < -0.3 is 14.8 Å². The van der Waals surface area contributed by atoms with Crippen LogP contribution in [0.1, 0.15) is 35.1 Å². The zero-order valence-electron chi connectivity index (χ0n) is 17.6. The van der Waals surface area contributed by atoms with Crippen LogP contribution in [-0.2, 0) is 26.6 Å². The topological polar surface area (TPSA) is 112 Å². The number of benzene rings is 1. The number of para-hydroxylation sites is 1. The maximum atomic E-state index is 13.0. The van der Waals surface area contributed by atoms with Gasteiger partial charge in [0.1, 0.15) is 11.4 Å². The predicted molar refractivity (Wildman–Crippen MR) is 122 cm³/mol. The molecule has 1 N–H and O–H groups in total. The highest BCUT2D eigenvalue weighted by atomic mass is 32.2. The van der Waals surface area contributed by atoms with Crippen molar-refractivity contribution in [3.63, 3.8) is 0 Å². The lowest BCUT2D eigenvalue weighted by molar-refractivity contribution is -0.141. The highest BCUT2D eigenvalue weighted by molar-refractivity contribution is 7.98. The van der Waals surface area contributed by atoms with E-state index in [0.29, 0.717) is 37.8 Å². The number of aromatic nitrogens is 3. The highest BCUT2D eigenvalue weighted by Crippen LogP contribution is 2.32. The molecule has 0 unspecified atom stereocenters. The van der Waals surface area contributed by atoms with Crippen molar-refractivity contribution in [3.8, 4) is 0 Å². The molecule has 168 valence electrons. The summed E-state index contributed by atoms with van der Waals surface area (Å²) in [7, 11) is 1.27. The zero-order valence-corrected chi connectivity index (χ0v) is 19.3. The van der Waals surface area contributed by atoms with Crippen molar-refractivity contribution in [1.29, 1.82) is 0 Å². The summed E-state index contributed by atoms with van der Waals surface area (Å²) in [5.41, 5.74) is 0.748. The molecule has 1 aliphatic carbocycles. The van der Waals surface area contributed by atoms with E-state index in [1.807, 2.05) is 0 Å². The second kappa shape index (κ2) is 9.70. The number of esters is 2. The predicted octanol–water partition coefficient (Wildman–Crippen LogP) is 3.07. The van der Waals surface area contributed by atoms with Gasteiger partial charge in [-0.25, -0.2) is 14.8 Å². The molecule has 1 fully saturated rings. The Balaban J connectivity index is 1.66. The Labute approximate surface area is 192 Å². The van der Waals surface area contributed by atoms with Crippen molar-refractivity contribution in [2.24, 2.45) is 0 Å². The number of rotatable bonds is 9. The lowest BCUT2D eigenvalue weighted by atomic mass is 10.2. The molecule has 32 heavy (non-hydrogen) atoms. The minimum absolute atomic E-state index is 0.258. The molecular weight excluding hydrogens is 452 g/mol. The van der Waals surface area contributed by atoms with Crippen LogP contribution in [0.4, 0.5) is 5.13 Å². The van der Waals surface area contributed by atoms with Crippen LogP contribution >= 0.6 is 23.1 Å². The van der Waals surface area contributed by atoms with Gasteiger partial charge in [-0.15, -0.1) is 0 Å². The number of anilines is 1. The molecule has 2 heterocycles. The first kappa shape index (κ1) is 22.3. The molecule has 0 bridgehead atoms. The van der Waals surface area contributed by atoms with Crippen molar-refractivity contribution in [3.05, 3.63) is 45.2 Å². The Bertz CT molecular complexity index is 1220. The van der Waals surface area contributed by atoms with Crippen LogP contribution in [-0.4, -0.2) is 46.2 Å². The number of carbonyl (C=O) groups is 2. The normalized spacial score (nSPS) is 13.2. The molecule has 3 aromatic rings. The summed E-state index contributed by atoms with van der Waals surface area (Å²) < 4.78 is 11.2. The average molecular weight is 475 g/mol. The number of hydrogen-bond donors (Lipinski definition) is 1. The van der Waals surface area contributed by atoms with Gasteiger partial charge in [-0.1, -0.05) is 35.2 Å². The minimum atomic E-state index is -0.553. The third kappa shape index (κ3) is 4.94. The van der Waals surface area contributed by atoms with Gasteiger partial charge in [0.05, 0.1) is 30.3 Å². The Morgan fingerprint density at radius 3 is 2.78 bits per heavy atom. The van der Waals surface area contributed by atoms with Crippen LogP contribution in [0.25, 0.3) is 10.9 Å². The molecule has 4 rings (SSSR count). The Morgan fingerprint density at radius 1 is 1.28 bits per heavy atom. The number of ether oxygens (including phenoxy) is 2. The van der Waals surface area contributed by atoms with E-state index in [9.17, 15) is 14.4 Å². The fourth-order valence-corrected chi connectivity index (χ4v) is 4.98. The molecule has 1 aromatic carbocycles. The lowest BCUT2D eigenvalue weighted by Gasteiger charge is -2.12. The summed E-state index contributed by atoms with van der Waals surface area (Å²) in [6.07, 6.45) is 2.17. The van der Waals surface area contributed by atoms with Crippen molar-refractivity contribution in [1.82, 2.24) is 14.5 Å². The number of thioether (sulfide) groups is 1. The summed E-state index contributed by atoms with van der Waals surface area (Å²) in [6, 6.07) is 7.35. The van der Waals surface area contributed by atoms with E-state index >= 15 is 0 Å². The summed E-state index contributed by atoms with van der Waals surface area (Å²) >= 11 is 2.49. The zero-order chi connectivity index (χ0) is 22.7. The van der Waals surface area contributed by atoms with E-state index in [1.54, 1.807) is 31.2 Å². The largest absolute Gasteiger partial charge is 0.468 e. The Kier molecular flexibility index (Phi) is 6.75. The number of methoxy groups -OCH3 is 1. The molecule has 0 amide bonds. The third-order valence-corrected chi connectivity index (χ3v) is 6.74. The summed E-state index contributed by atoms with van der Waals surface area (Å²) in [5, 5.41) is 4.74. The number of thiazole rings is 1. The molecule has 0 saturated heterocycles. The molecule has 11 heteroatoms. The smallest absolute Gasteiger partial charge is 0.350 e. The van der Waals surface area contributed by atoms with Crippen LogP contribution in [0.3, 0.4) is 0 Å². The van der Waals surface area contributed by atoms with Crippen molar-refractivity contribution in [2.75, 3.05) is 19.0 Å². The molecule has 9 nitrogen and oxygen atoms in total. The van der Waals surface area contributed by atoms with E-state index in [2.05, 4.69) is 15.3 Å². The summed E-state index contributed by atoms with van der Waals surface area (Å²) in [6.45, 7) is 1.76. The van der Waals surface area contributed by atoms with Gasteiger partial charge in [0.25, 0.3) is 5.56 Å². The Morgan fingerprint density at radius 2 is 2.06 bits per heavy atom. The third-order valence-electron chi connectivity index (χ3n) is 4.74. The molecule has 2 aromatic heterocycles. The van der Waals surface area contributed by atoms with Gasteiger partial charge in [-0.05, 0) is 31.9 Å².